The van der Waals surface area contributed by atoms with Crippen molar-refractivity contribution in [2.45, 2.75) is 0 Å². The van der Waals surface area contributed by atoms with E-state index in [0.29, 0.717) is 6.07 Å². The predicted octanol–water partition coefficient (Wildman–Crippen LogP) is 0.349. The molecule has 0 aliphatic carbocycles. The Labute approximate surface area is 84.0 Å². The molecule has 3 N–H and O–H groups in total. The fraction of sp³-hybridized carbons (Fsp3) is 0. The molecule has 1 aromatic rings. The summed E-state index contributed by atoms with van der Waals surface area (Å²) in [5, 5.41) is 15.0. The summed E-state index contributed by atoms with van der Waals surface area (Å²) < 4.78 is 35.5. The SMILES string of the molecule is NS(=O)(=O)Nc1ccc(F)cc1[N+](=O)[O-]. The van der Waals surface area contributed by atoms with Gasteiger partial charge in [0.1, 0.15) is 11.5 Å². The molecule has 0 saturated heterocycles. The Balaban J connectivity index is 3.24. The van der Waals surface area contributed by atoms with Crippen LogP contribution in [0.4, 0.5) is 15.8 Å². The number of nitro benzene ring substituents is 1. The fourth-order valence-electron chi connectivity index (χ4n) is 0.895. The van der Waals surface area contributed by atoms with Crippen LogP contribution in [0.5, 0.6) is 0 Å². The maximum Gasteiger partial charge on any atom is 0.296 e. The Kier molecular flexibility index (Phi) is 2.86. The summed E-state index contributed by atoms with van der Waals surface area (Å²) in [5.74, 6) is -0.846. The van der Waals surface area contributed by atoms with Crippen LogP contribution >= 0.6 is 0 Å². The van der Waals surface area contributed by atoms with Crippen LogP contribution in [0.15, 0.2) is 18.2 Å². The van der Waals surface area contributed by atoms with Gasteiger partial charge in [0.2, 0.25) is 0 Å². The molecule has 0 atom stereocenters. The molecule has 1 aromatic carbocycles. The number of hydrogen-bond donors (Lipinski definition) is 2. The summed E-state index contributed by atoms with van der Waals surface area (Å²) in [6, 6.07) is 2.38. The lowest BCUT2D eigenvalue weighted by molar-refractivity contribution is -0.384. The Morgan fingerprint density at radius 3 is 2.53 bits per heavy atom. The average molecular weight is 235 g/mol. The highest BCUT2D eigenvalue weighted by Crippen LogP contribution is 2.25. The first kappa shape index (κ1) is 11.3. The van der Waals surface area contributed by atoms with Crippen molar-refractivity contribution in [3.8, 4) is 0 Å². The second-order valence-corrected chi connectivity index (χ2v) is 3.86. The van der Waals surface area contributed by atoms with E-state index in [1.165, 1.54) is 0 Å². The predicted molar refractivity (Wildman–Crippen MR) is 49.8 cm³/mol. The minimum atomic E-state index is -4.12. The van der Waals surface area contributed by atoms with Gasteiger partial charge >= 0.3 is 0 Å². The lowest BCUT2D eigenvalue weighted by Gasteiger charge is -2.03. The summed E-state index contributed by atoms with van der Waals surface area (Å²) in [6.07, 6.45) is 0. The molecule has 7 nitrogen and oxygen atoms in total. The zero-order valence-electron chi connectivity index (χ0n) is 7.18. The largest absolute Gasteiger partial charge is 0.296 e. The van der Waals surface area contributed by atoms with Crippen LogP contribution in [0.3, 0.4) is 0 Å². The standard InChI is InChI=1S/C6H6FN3O4S/c7-4-1-2-5(9-15(8,13)14)6(3-4)10(11)12/h1-3,9H,(H2,8,13,14). The molecule has 0 unspecified atom stereocenters. The number of benzene rings is 1. The monoisotopic (exact) mass is 235 g/mol. The van der Waals surface area contributed by atoms with Crippen molar-refractivity contribution >= 4 is 21.6 Å². The number of hydrogen-bond acceptors (Lipinski definition) is 4. The minimum Gasteiger partial charge on any atom is -0.264 e. The van der Waals surface area contributed by atoms with Crippen LogP contribution < -0.4 is 9.86 Å². The Morgan fingerprint density at radius 2 is 2.07 bits per heavy atom. The van der Waals surface area contributed by atoms with Crippen LogP contribution in [0.25, 0.3) is 0 Å². The average Bonchev–Trinajstić information content (AvgIpc) is 2.05. The van der Waals surface area contributed by atoms with E-state index in [2.05, 4.69) is 5.14 Å². The molecule has 15 heavy (non-hydrogen) atoms. The van der Waals surface area contributed by atoms with Crippen molar-refractivity contribution in [1.82, 2.24) is 0 Å². The molecule has 0 spiro atoms. The molecule has 0 saturated carbocycles. The molecule has 9 heteroatoms. The number of nitrogens with one attached hydrogen (secondary N) is 1. The molecule has 0 aliphatic rings. The number of nitrogens with zero attached hydrogens (tertiary/aromatic N) is 1. The van der Waals surface area contributed by atoms with Gasteiger partial charge in [-0.3, -0.25) is 14.8 Å². The van der Waals surface area contributed by atoms with Gasteiger partial charge in [0, 0.05) is 0 Å². The van der Waals surface area contributed by atoms with E-state index in [0.717, 1.165) is 12.1 Å². The van der Waals surface area contributed by atoms with Crippen LogP contribution in [0.1, 0.15) is 0 Å². The zero-order valence-corrected chi connectivity index (χ0v) is 7.99. The fourth-order valence-corrected chi connectivity index (χ4v) is 1.37. The van der Waals surface area contributed by atoms with Gasteiger partial charge in [-0.15, -0.1) is 0 Å². The summed E-state index contributed by atoms with van der Waals surface area (Å²) in [4.78, 5) is 9.50. The lowest BCUT2D eigenvalue weighted by atomic mass is 10.3. The van der Waals surface area contributed by atoms with Gasteiger partial charge in [-0.1, -0.05) is 0 Å². The van der Waals surface area contributed by atoms with Crippen molar-refractivity contribution in [3.05, 3.63) is 34.1 Å². The summed E-state index contributed by atoms with van der Waals surface area (Å²) in [7, 11) is -4.12. The highest BCUT2D eigenvalue weighted by atomic mass is 32.2. The summed E-state index contributed by atoms with van der Waals surface area (Å²) in [6.45, 7) is 0. The van der Waals surface area contributed by atoms with Crippen LogP contribution in [0.2, 0.25) is 0 Å². The third-order valence-electron chi connectivity index (χ3n) is 1.41. The van der Waals surface area contributed by atoms with E-state index in [4.69, 9.17) is 0 Å². The van der Waals surface area contributed by atoms with Crippen LogP contribution in [-0.2, 0) is 10.2 Å². The van der Waals surface area contributed by atoms with Crippen molar-refractivity contribution in [2.75, 3.05) is 4.72 Å². The van der Waals surface area contributed by atoms with Crippen molar-refractivity contribution in [3.63, 3.8) is 0 Å². The molecule has 0 aromatic heterocycles. The van der Waals surface area contributed by atoms with E-state index < -0.39 is 26.6 Å². The van der Waals surface area contributed by atoms with Crippen LogP contribution in [-0.4, -0.2) is 13.3 Å². The Hall–Kier alpha value is -1.74. The third kappa shape index (κ3) is 3.14. The lowest BCUT2D eigenvalue weighted by Crippen LogP contribution is -2.22. The smallest absolute Gasteiger partial charge is 0.264 e. The quantitative estimate of drug-likeness (QED) is 0.580. The number of nitrogens with two attached hydrogens (primary N) is 1. The molecule has 0 amide bonds. The summed E-state index contributed by atoms with van der Waals surface area (Å²) in [5.41, 5.74) is -1.09. The molecule has 1 rings (SSSR count). The van der Waals surface area contributed by atoms with Gasteiger partial charge in [0.25, 0.3) is 15.9 Å². The highest BCUT2D eigenvalue weighted by molar-refractivity contribution is 7.90. The molecule has 0 aliphatic heterocycles. The molecule has 0 fully saturated rings. The Morgan fingerprint density at radius 1 is 1.47 bits per heavy atom. The third-order valence-corrected chi connectivity index (χ3v) is 1.91. The van der Waals surface area contributed by atoms with Crippen molar-refractivity contribution in [2.24, 2.45) is 5.14 Å². The topological polar surface area (TPSA) is 115 Å². The van der Waals surface area contributed by atoms with Gasteiger partial charge in [0.15, 0.2) is 0 Å². The highest BCUT2D eigenvalue weighted by Gasteiger charge is 2.17. The van der Waals surface area contributed by atoms with Crippen molar-refractivity contribution in [1.29, 1.82) is 0 Å². The number of halogens is 1. The number of nitro groups is 1. The van der Waals surface area contributed by atoms with E-state index in [1.54, 1.807) is 4.72 Å². The summed E-state index contributed by atoms with van der Waals surface area (Å²) >= 11 is 0. The normalized spacial score (nSPS) is 11.1. The van der Waals surface area contributed by atoms with E-state index >= 15 is 0 Å². The Bertz CT molecular complexity index is 501. The van der Waals surface area contributed by atoms with E-state index in [-0.39, 0.29) is 5.69 Å². The maximum atomic E-state index is 12.6. The minimum absolute atomic E-state index is 0.385. The van der Waals surface area contributed by atoms with E-state index in [1.807, 2.05) is 0 Å². The van der Waals surface area contributed by atoms with Gasteiger partial charge in [-0.25, -0.2) is 9.53 Å². The first-order valence-electron chi connectivity index (χ1n) is 3.54. The maximum absolute atomic E-state index is 12.6. The first-order chi connectivity index (χ1) is 6.79. The van der Waals surface area contributed by atoms with Crippen molar-refractivity contribution < 1.29 is 17.7 Å². The second-order valence-electron chi connectivity index (χ2n) is 2.57. The zero-order chi connectivity index (χ0) is 11.6. The molecule has 0 bridgehead atoms. The van der Waals surface area contributed by atoms with Gasteiger partial charge in [0.05, 0.1) is 11.0 Å². The molecule has 0 radical (unpaired) electrons. The molecule has 0 heterocycles. The second kappa shape index (κ2) is 3.79. The first-order valence-corrected chi connectivity index (χ1v) is 5.09. The molecule has 82 valence electrons. The van der Waals surface area contributed by atoms with E-state index in [9.17, 15) is 22.9 Å². The van der Waals surface area contributed by atoms with Gasteiger partial charge < -0.3 is 0 Å². The van der Waals surface area contributed by atoms with Gasteiger partial charge in [-0.2, -0.15) is 8.42 Å². The number of anilines is 1. The van der Waals surface area contributed by atoms with Crippen LogP contribution in [0, 0.1) is 15.9 Å². The molecular weight excluding hydrogens is 229 g/mol. The van der Waals surface area contributed by atoms with Gasteiger partial charge in [-0.05, 0) is 12.1 Å². The molecular formula is C6H6FN3O4S. The number of rotatable bonds is 3.